The van der Waals surface area contributed by atoms with E-state index in [2.05, 4.69) is 45.2 Å². The second kappa shape index (κ2) is 9.05. The van der Waals surface area contributed by atoms with Gasteiger partial charge in [-0.1, -0.05) is 30.3 Å². The second-order valence-electron chi connectivity index (χ2n) is 6.85. The average molecular weight is 625 g/mol. The predicted molar refractivity (Wildman–Crippen MR) is 135 cm³/mol. The number of halogens is 3. The molecule has 0 aliphatic carbocycles. The van der Waals surface area contributed by atoms with E-state index >= 15 is 0 Å². The Morgan fingerprint density at radius 2 is 1.70 bits per heavy atom. The largest absolute Gasteiger partial charge is 0.487 e. The summed E-state index contributed by atoms with van der Waals surface area (Å²) in [5.74, 6) is 0.557. The van der Waals surface area contributed by atoms with Gasteiger partial charge in [0.1, 0.15) is 18.2 Å². The predicted octanol–water partition coefficient (Wildman–Crippen LogP) is 6.52. The van der Waals surface area contributed by atoms with Crippen LogP contribution in [0.4, 0.5) is 10.1 Å². The zero-order valence-corrected chi connectivity index (χ0v) is 20.5. The quantitative estimate of drug-likeness (QED) is 0.239. The van der Waals surface area contributed by atoms with Gasteiger partial charge in [-0.15, -0.1) is 0 Å². The van der Waals surface area contributed by atoms with E-state index in [1.807, 2.05) is 49.4 Å². The molecular formula is C24H18FI2NO2. The first-order chi connectivity index (χ1) is 14.5. The van der Waals surface area contributed by atoms with Crippen molar-refractivity contribution in [3.05, 3.63) is 90.3 Å². The topological polar surface area (TPSA) is 29.5 Å². The number of amides is 1. The number of nitrogens with zero attached hydrogens (tertiary/aromatic N) is 1. The van der Waals surface area contributed by atoms with Crippen molar-refractivity contribution in [2.75, 3.05) is 11.4 Å². The van der Waals surface area contributed by atoms with Crippen molar-refractivity contribution in [2.45, 2.75) is 13.5 Å². The Bertz CT molecular complexity index is 1120. The van der Waals surface area contributed by atoms with Crippen LogP contribution in [0.2, 0.25) is 0 Å². The van der Waals surface area contributed by atoms with E-state index < -0.39 is 0 Å². The molecule has 0 saturated carbocycles. The smallest absolute Gasteiger partial charge is 0.258 e. The fraction of sp³-hybridized carbons (Fsp3) is 0.125. The second-order valence-corrected chi connectivity index (χ2v) is 9.18. The average Bonchev–Trinajstić information content (AvgIpc) is 3.00. The van der Waals surface area contributed by atoms with E-state index in [0.29, 0.717) is 18.7 Å². The third-order valence-electron chi connectivity index (χ3n) is 4.90. The highest BCUT2D eigenvalue weighted by Crippen LogP contribution is 2.38. The van der Waals surface area contributed by atoms with Crippen molar-refractivity contribution in [3.8, 4) is 5.75 Å². The normalized spacial score (nSPS) is 14.3. The van der Waals surface area contributed by atoms with E-state index in [4.69, 9.17) is 4.74 Å². The molecule has 0 spiro atoms. The van der Waals surface area contributed by atoms with Crippen LogP contribution in [-0.2, 0) is 11.4 Å². The molecule has 1 amide bonds. The summed E-state index contributed by atoms with van der Waals surface area (Å²) in [5.41, 5.74) is 4.49. The molecule has 0 fully saturated rings. The molecule has 0 saturated heterocycles. The summed E-state index contributed by atoms with van der Waals surface area (Å²) in [7, 11) is 0. The molecular weight excluding hydrogens is 607 g/mol. The zero-order valence-electron chi connectivity index (χ0n) is 16.2. The lowest BCUT2D eigenvalue weighted by Crippen LogP contribution is -2.25. The number of ether oxygens (including phenoxy) is 1. The zero-order chi connectivity index (χ0) is 21.3. The summed E-state index contributed by atoms with van der Waals surface area (Å²) in [4.78, 5) is 14.7. The first-order valence-electron chi connectivity index (χ1n) is 9.47. The molecule has 1 aliphatic heterocycles. The first kappa shape index (κ1) is 21.3. The van der Waals surface area contributed by atoms with Gasteiger partial charge in [-0.05, 0) is 99.6 Å². The van der Waals surface area contributed by atoms with Crippen LogP contribution in [0.5, 0.6) is 5.75 Å². The van der Waals surface area contributed by atoms with Gasteiger partial charge in [0.2, 0.25) is 0 Å². The van der Waals surface area contributed by atoms with Crippen LogP contribution in [0.3, 0.4) is 0 Å². The number of likely N-dealkylation sites (N-methyl/N-ethyl adjacent to an activating group) is 1. The van der Waals surface area contributed by atoms with Gasteiger partial charge in [0.15, 0.2) is 0 Å². The Hall–Kier alpha value is -1.94. The van der Waals surface area contributed by atoms with Crippen LogP contribution in [0.15, 0.2) is 60.7 Å². The van der Waals surface area contributed by atoms with Crippen LogP contribution < -0.4 is 9.64 Å². The maximum Gasteiger partial charge on any atom is 0.258 e. The summed E-state index contributed by atoms with van der Waals surface area (Å²) in [6.45, 7) is 2.99. The van der Waals surface area contributed by atoms with Gasteiger partial charge in [0, 0.05) is 17.7 Å². The van der Waals surface area contributed by atoms with E-state index in [-0.39, 0.29) is 11.7 Å². The van der Waals surface area contributed by atoms with E-state index in [9.17, 15) is 9.18 Å². The molecule has 0 aromatic heterocycles. The Morgan fingerprint density at radius 3 is 2.37 bits per heavy atom. The van der Waals surface area contributed by atoms with E-state index in [0.717, 1.165) is 35.3 Å². The highest BCUT2D eigenvalue weighted by molar-refractivity contribution is 14.1. The fourth-order valence-corrected chi connectivity index (χ4v) is 5.59. The standard InChI is InChI=1S/C24H18FI2NO2/c1-2-28-22-6-4-3-5-18(22)19(24(28)29)11-16-12-20(26)23(21(27)13-16)30-14-15-7-9-17(25)10-8-15/h3-13H,2,14H2,1H3/b19-11-. The van der Waals surface area contributed by atoms with Crippen LogP contribution in [0.25, 0.3) is 11.6 Å². The minimum atomic E-state index is -0.259. The van der Waals surface area contributed by atoms with Crippen LogP contribution >= 0.6 is 45.2 Å². The summed E-state index contributed by atoms with van der Waals surface area (Å²) in [6.07, 6.45) is 1.95. The molecule has 3 aromatic rings. The summed E-state index contributed by atoms with van der Waals surface area (Å²) in [5, 5.41) is 0. The molecule has 1 heterocycles. The molecule has 0 radical (unpaired) electrons. The molecule has 0 bridgehead atoms. The molecule has 0 N–H and O–H groups in total. The highest BCUT2D eigenvalue weighted by Gasteiger charge is 2.30. The van der Waals surface area contributed by atoms with Crippen molar-refractivity contribution in [1.82, 2.24) is 0 Å². The van der Waals surface area contributed by atoms with E-state index in [1.165, 1.54) is 12.1 Å². The van der Waals surface area contributed by atoms with Crippen molar-refractivity contribution in [1.29, 1.82) is 0 Å². The number of benzene rings is 3. The van der Waals surface area contributed by atoms with Crippen LogP contribution in [0.1, 0.15) is 23.6 Å². The van der Waals surface area contributed by atoms with Gasteiger partial charge in [-0.2, -0.15) is 0 Å². The summed E-state index contributed by atoms with van der Waals surface area (Å²) in [6, 6.07) is 18.2. The summed E-state index contributed by atoms with van der Waals surface area (Å²) < 4.78 is 21.0. The third-order valence-corrected chi connectivity index (χ3v) is 6.51. The number of carbonyl (C=O) groups is 1. The van der Waals surface area contributed by atoms with Gasteiger partial charge in [-0.25, -0.2) is 4.39 Å². The number of hydrogen-bond acceptors (Lipinski definition) is 2. The molecule has 30 heavy (non-hydrogen) atoms. The number of fused-ring (bicyclic) bond motifs is 1. The van der Waals surface area contributed by atoms with Crippen molar-refractivity contribution < 1.29 is 13.9 Å². The minimum Gasteiger partial charge on any atom is -0.487 e. The Morgan fingerprint density at radius 1 is 1.03 bits per heavy atom. The molecule has 3 nitrogen and oxygen atoms in total. The van der Waals surface area contributed by atoms with Gasteiger partial charge < -0.3 is 9.64 Å². The van der Waals surface area contributed by atoms with Crippen molar-refractivity contribution >= 4 is 68.4 Å². The molecule has 6 heteroatoms. The van der Waals surface area contributed by atoms with Crippen molar-refractivity contribution in [2.24, 2.45) is 0 Å². The minimum absolute atomic E-state index is 0.0281. The lowest BCUT2D eigenvalue weighted by molar-refractivity contribution is -0.112. The Labute approximate surface area is 202 Å². The van der Waals surface area contributed by atoms with Crippen molar-refractivity contribution in [3.63, 3.8) is 0 Å². The van der Waals surface area contributed by atoms with Gasteiger partial charge in [-0.3, -0.25) is 4.79 Å². The molecule has 4 rings (SSSR count). The number of anilines is 1. The Kier molecular flexibility index (Phi) is 6.43. The monoisotopic (exact) mass is 625 g/mol. The maximum atomic E-state index is 13.1. The van der Waals surface area contributed by atoms with Gasteiger partial charge in [0.05, 0.1) is 12.8 Å². The maximum absolute atomic E-state index is 13.1. The molecule has 3 aromatic carbocycles. The fourth-order valence-electron chi connectivity index (χ4n) is 3.46. The molecule has 0 atom stereocenters. The third kappa shape index (κ3) is 4.25. The first-order valence-corrected chi connectivity index (χ1v) is 11.6. The lowest BCUT2D eigenvalue weighted by Gasteiger charge is -2.13. The van der Waals surface area contributed by atoms with E-state index in [1.54, 1.807) is 17.0 Å². The molecule has 0 unspecified atom stereocenters. The lowest BCUT2D eigenvalue weighted by atomic mass is 10.0. The number of para-hydroxylation sites is 1. The molecule has 152 valence electrons. The van der Waals surface area contributed by atoms with Crippen LogP contribution in [-0.4, -0.2) is 12.5 Å². The SMILES string of the molecule is CCN1C(=O)/C(=C\c2cc(I)c(OCc3ccc(F)cc3)c(I)c2)c2ccccc21. The van der Waals surface area contributed by atoms with Gasteiger partial charge in [0.25, 0.3) is 5.91 Å². The highest BCUT2D eigenvalue weighted by atomic mass is 127. The number of rotatable bonds is 5. The Balaban J connectivity index is 1.62. The van der Waals surface area contributed by atoms with Gasteiger partial charge >= 0.3 is 0 Å². The summed E-state index contributed by atoms with van der Waals surface area (Å²) >= 11 is 4.50. The van der Waals surface area contributed by atoms with Crippen LogP contribution in [0, 0.1) is 13.0 Å². The number of hydrogen-bond donors (Lipinski definition) is 0. The number of carbonyl (C=O) groups excluding carboxylic acids is 1. The molecule has 1 aliphatic rings.